The summed E-state index contributed by atoms with van der Waals surface area (Å²) in [7, 11) is 0. The minimum atomic E-state index is 0.645. The molecule has 16 heavy (non-hydrogen) atoms. The summed E-state index contributed by atoms with van der Waals surface area (Å²) in [6.07, 6.45) is 5.16. The molecular weight excluding hydrogens is 313 g/mol. The lowest BCUT2D eigenvalue weighted by atomic mass is 10.2. The van der Waals surface area contributed by atoms with Gasteiger partial charge in [-0.25, -0.2) is 9.97 Å². The van der Waals surface area contributed by atoms with Crippen molar-refractivity contribution in [2.24, 2.45) is 0 Å². The highest BCUT2D eigenvalue weighted by Gasteiger charge is 2.33. The van der Waals surface area contributed by atoms with Crippen LogP contribution in [-0.4, -0.2) is 16.5 Å². The van der Waals surface area contributed by atoms with Gasteiger partial charge in [0.25, 0.3) is 0 Å². The highest BCUT2D eigenvalue weighted by Crippen LogP contribution is 2.45. The van der Waals surface area contributed by atoms with Gasteiger partial charge in [0.1, 0.15) is 11.6 Å². The zero-order valence-corrected chi connectivity index (χ0v) is 11.6. The fourth-order valence-corrected chi connectivity index (χ4v) is 2.79. The van der Waals surface area contributed by atoms with Crippen LogP contribution in [0.5, 0.6) is 0 Å². The van der Waals surface area contributed by atoms with Crippen LogP contribution < -0.4 is 5.32 Å². The molecule has 0 spiro atoms. The topological polar surface area (TPSA) is 37.8 Å². The number of halogens is 1. The summed E-state index contributed by atoms with van der Waals surface area (Å²) >= 11 is 2.39. The minimum absolute atomic E-state index is 0.645. The third kappa shape index (κ3) is 2.04. The number of hydrogen-bond acceptors (Lipinski definition) is 3. The van der Waals surface area contributed by atoms with E-state index in [1.165, 1.54) is 34.9 Å². The van der Waals surface area contributed by atoms with Crippen LogP contribution >= 0.6 is 22.6 Å². The van der Waals surface area contributed by atoms with Crippen molar-refractivity contribution in [2.45, 2.75) is 44.4 Å². The van der Waals surface area contributed by atoms with Crippen molar-refractivity contribution >= 4 is 28.4 Å². The first-order chi connectivity index (χ1) is 7.79. The van der Waals surface area contributed by atoms with E-state index in [9.17, 15) is 0 Å². The normalized spacial score (nSPS) is 19.9. The number of aromatic nitrogens is 2. The first kappa shape index (κ1) is 10.7. The van der Waals surface area contributed by atoms with Crippen LogP contribution in [-0.2, 0) is 0 Å². The molecule has 4 heteroatoms. The standard InChI is InChI=1S/C12H16IN3/c1-2-14-12-9(13)10(7-3-4-7)15-11(16-12)8-5-6-8/h7-8H,2-6H2,1H3,(H,14,15,16). The molecule has 0 saturated heterocycles. The molecule has 0 unspecified atom stereocenters. The Balaban J connectivity index is 2.00. The summed E-state index contributed by atoms with van der Waals surface area (Å²) in [6, 6.07) is 0. The highest BCUT2D eigenvalue weighted by atomic mass is 127. The second kappa shape index (κ2) is 4.13. The molecule has 3 rings (SSSR count). The maximum Gasteiger partial charge on any atom is 0.143 e. The van der Waals surface area contributed by atoms with Gasteiger partial charge in [-0.1, -0.05) is 0 Å². The molecule has 2 aliphatic rings. The van der Waals surface area contributed by atoms with E-state index in [1.54, 1.807) is 0 Å². The van der Waals surface area contributed by atoms with E-state index in [0.29, 0.717) is 11.8 Å². The van der Waals surface area contributed by atoms with Crippen molar-refractivity contribution in [3.05, 3.63) is 15.1 Å². The second-order valence-corrected chi connectivity index (χ2v) is 5.79. The molecule has 2 fully saturated rings. The smallest absolute Gasteiger partial charge is 0.143 e. The molecule has 1 heterocycles. The Labute approximate surface area is 110 Å². The number of hydrogen-bond donors (Lipinski definition) is 1. The molecule has 0 aromatic carbocycles. The summed E-state index contributed by atoms with van der Waals surface area (Å²) in [5, 5.41) is 3.36. The zero-order valence-electron chi connectivity index (χ0n) is 9.46. The summed E-state index contributed by atoms with van der Waals surface area (Å²) in [6.45, 7) is 3.05. The lowest BCUT2D eigenvalue weighted by molar-refractivity contribution is 0.863. The Bertz CT molecular complexity index is 411. The number of nitrogens with one attached hydrogen (secondary N) is 1. The van der Waals surface area contributed by atoms with E-state index in [-0.39, 0.29) is 0 Å². The zero-order chi connectivity index (χ0) is 11.1. The molecule has 0 amide bonds. The van der Waals surface area contributed by atoms with Gasteiger partial charge in [0, 0.05) is 18.4 Å². The van der Waals surface area contributed by atoms with Gasteiger partial charge in [-0.3, -0.25) is 0 Å². The SMILES string of the molecule is CCNc1nc(C2CC2)nc(C2CC2)c1I. The second-order valence-electron chi connectivity index (χ2n) is 4.71. The van der Waals surface area contributed by atoms with Crippen LogP contribution in [0.15, 0.2) is 0 Å². The van der Waals surface area contributed by atoms with Crippen LogP contribution in [0.3, 0.4) is 0 Å². The van der Waals surface area contributed by atoms with Gasteiger partial charge < -0.3 is 5.32 Å². The van der Waals surface area contributed by atoms with Crippen molar-refractivity contribution in [3.63, 3.8) is 0 Å². The van der Waals surface area contributed by atoms with E-state index < -0.39 is 0 Å². The van der Waals surface area contributed by atoms with Crippen LogP contribution in [0, 0.1) is 3.57 Å². The van der Waals surface area contributed by atoms with E-state index in [1.807, 2.05) is 0 Å². The number of anilines is 1. The van der Waals surface area contributed by atoms with Gasteiger partial charge in [0.05, 0.1) is 9.26 Å². The third-order valence-corrected chi connectivity index (χ3v) is 4.21. The van der Waals surface area contributed by atoms with Gasteiger partial charge >= 0.3 is 0 Å². The first-order valence-electron chi connectivity index (χ1n) is 6.10. The Morgan fingerprint density at radius 2 is 1.88 bits per heavy atom. The Kier molecular flexibility index (Phi) is 2.77. The first-order valence-corrected chi connectivity index (χ1v) is 7.18. The molecular formula is C12H16IN3. The van der Waals surface area contributed by atoms with Gasteiger partial charge in [-0.15, -0.1) is 0 Å². The predicted octanol–water partition coefficient (Wildman–Crippen LogP) is 3.27. The Hall–Kier alpha value is -0.390. The molecule has 3 nitrogen and oxygen atoms in total. The fraction of sp³-hybridized carbons (Fsp3) is 0.667. The Morgan fingerprint density at radius 3 is 2.44 bits per heavy atom. The number of rotatable bonds is 4. The molecule has 0 atom stereocenters. The molecule has 0 aliphatic heterocycles. The van der Waals surface area contributed by atoms with E-state index in [0.717, 1.165) is 18.2 Å². The molecule has 0 radical (unpaired) electrons. The molecule has 1 N–H and O–H groups in total. The molecule has 2 aliphatic carbocycles. The summed E-state index contributed by atoms with van der Waals surface area (Å²) in [5.41, 5.74) is 1.30. The number of nitrogens with zero attached hydrogens (tertiary/aromatic N) is 2. The van der Waals surface area contributed by atoms with Gasteiger partial charge in [-0.05, 0) is 55.2 Å². The van der Waals surface area contributed by atoms with Crippen molar-refractivity contribution in [1.82, 2.24) is 9.97 Å². The van der Waals surface area contributed by atoms with Crippen molar-refractivity contribution in [2.75, 3.05) is 11.9 Å². The van der Waals surface area contributed by atoms with Gasteiger partial charge in [0.15, 0.2) is 0 Å². The van der Waals surface area contributed by atoms with Crippen LogP contribution in [0.4, 0.5) is 5.82 Å². The van der Waals surface area contributed by atoms with Crippen molar-refractivity contribution in [1.29, 1.82) is 0 Å². The minimum Gasteiger partial charge on any atom is -0.369 e. The molecule has 1 aromatic rings. The van der Waals surface area contributed by atoms with Gasteiger partial charge in [0.2, 0.25) is 0 Å². The van der Waals surface area contributed by atoms with Crippen molar-refractivity contribution < 1.29 is 0 Å². The van der Waals surface area contributed by atoms with Crippen LogP contribution in [0.2, 0.25) is 0 Å². The van der Waals surface area contributed by atoms with Crippen LogP contribution in [0.1, 0.15) is 56.0 Å². The molecule has 2 saturated carbocycles. The maximum absolute atomic E-state index is 4.78. The predicted molar refractivity (Wildman–Crippen MR) is 72.9 cm³/mol. The highest BCUT2D eigenvalue weighted by molar-refractivity contribution is 14.1. The lowest BCUT2D eigenvalue weighted by Crippen LogP contribution is -2.08. The fourth-order valence-electron chi connectivity index (χ4n) is 1.92. The van der Waals surface area contributed by atoms with E-state index in [4.69, 9.17) is 4.98 Å². The maximum atomic E-state index is 4.78. The Morgan fingerprint density at radius 1 is 1.19 bits per heavy atom. The average Bonchev–Trinajstić information content (AvgIpc) is 3.15. The molecule has 1 aromatic heterocycles. The monoisotopic (exact) mass is 329 g/mol. The van der Waals surface area contributed by atoms with Crippen molar-refractivity contribution in [3.8, 4) is 0 Å². The average molecular weight is 329 g/mol. The summed E-state index contributed by atoms with van der Waals surface area (Å²) in [5.74, 6) is 3.50. The quantitative estimate of drug-likeness (QED) is 0.862. The summed E-state index contributed by atoms with van der Waals surface area (Å²) < 4.78 is 1.24. The third-order valence-electron chi connectivity index (χ3n) is 3.14. The van der Waals surface area contributed by atoms with E-state index in [2.05, 4.69) is 39.8 Å². The van der Waals surface area contributed by atoms with Gasteiger partial charge in [-0.2, -0.15) is 0 Å². The van der Waals surface area contributed by atoms with Crippen LogP contribution in [0.25, 0.3) is 0 Å². The van der Waals surface area contributed by atoms with E-state index >= 15 is 0 Å². The molecule has 0 bridgehead atoms. The largest absolute Gasteiger partial charge is 0.369 e. The molecule has 86 valence electrons. The lowest BCUT2D eigenvalue weighted by Gasteiger charge is -2.11. The summed E-state index contributed by atoms with van der Waals surface area (Å²) in [4.78, 5) is 9.45.